The minimum Gasteiger partial charge on any atom is -0.299 e. The highest BCUT2D eigenvalue weighted by atomic mass is 15.3. The van der Waals surface area contributed by atoms with E-state index < -0.39 is 0 Å². The summed E-state index contributed by atoms with van der Waals surface area (Å²) in [6, 6.07) is 12.7. The van der Waals surface area contributed by atoms with Crippen molar-refractivity contribution in [1.82, 2.24) is 14.7 Å². The molecule has 0 radical (unpaired) electrons. The second-order valence-electron chi connectivity index (χ2n) is 8.99. The van der Waals surface area contributed by atoms with Crippen LogP contribution in [0, 0.1) is 5.92 Å². The zero-order chi connectivity index (χ0) is 17.8. The van der Waals surface area contributed by atoms with E-state index in [-0.39, 0.29) is 0 Å². The molecule has 2 aliphatic heterocycles. The van der Waals surface area contributed by atoms with Crippen molar-refractivity contribution in [3.05, 3.63) is 35.9 Å². The monoisotopic (exact) mass is 355 g/mol. The number of benzene rings is 1. The van der Waals surface area contributed by atoms with Gasteiger partial charge >= 0.3 is 0 Å². The van der Waals surface area contributed by atoms with Crippen LogP contribution in [-0.4, -0.2) is 66.1 Å². The fraction of sp³-hybridized carbons (Fsp3) is 0.739. The Labute approximate surface area is 160 Å². The smallest absolute Gasteiger partial charge is 0.0233 e. The molecule has 0 amide bonds. The molecule has 0 spiro atoms. The van der Waals surface area contributed by atoms with Crippen LogP contribution in [0.3, 0.4) is 0 Å². The average Bonchev–Trinajstić information content (AvgIpc) is 2.70. The van der Waals surface area contributed by atoms with E-state index in [4.69, 9.17) is 0 Å². The van der Waals surface area contributed by atoms with E-state index in [1.54, 1.807) is 0 Å². The van der Waals surface area contributed by atoms with Gasteiger partial charge in [-0.1, -0.05) is 50.1 Å². The molecule has 1 saturated carbocycles. The first-order valence-corrected chi connectivity index (χ1v) is 11.0. The lowest BCUT2D eigenvalue weighted by molar-refractivity contribution is 0.0290. The van der Waals surface area contributed by atoms with Crippen molar-refractivity contribution >= 4 is 0 Å². The molecule has 1 aromatic rings. The summed E-state index contributed by atoms with van der Waals surface area (Å²) in [7, 11) is 0. The van der Waals surface area contributed by atoms with Crippen LogP contribution in [0.5, 0.6) is 0 Å². The first-order valence-electron chi connectivity index (χ1n) is 11.0. The van der Waals surface area contributed by atoms with Gasteiger partial charge in [-0.2, -0.15) is 0 Å². The van der Waals surface area contributed by atoms with Crippen LogP contribution in [0.2, 0.25) is 0 Å². The van der Waals surface area contributed by atoms with Crippen molar-refractivity contribution < 1.29 is 0 Å². The minimum absolute atomic E-state index is 0.828. The van der Waals surface area contributed by atoms with E-state index >= 15 is 0 Å². The third-order valence-electron chi connectivity index (χ3n) is 7.10. The highest BCUT2D eigenvalue weighted by Crippen LogP contribution is 2.28. The molecule has 2 heterocycles. The van der Waals surface area contributed by atoms with E-state index in [2.05, 4.69) is 52.0 Å². The maximum Gasteiger partial charge on any atom is 0.0233 e. The van der Waals surface area contributed by atoms with E-state index in [1.807, 2.05) is 0 Å². The lowest BCUT2D eigenvalue weighted by Gasteiger charge is -2.46. The van der Waals surface area contributed by atoms with Crippen LogP contribution in [0.4, 0.5) is 0 Å². The van der Waals surface area contributed by atoms with Crippen LogP contribution < -0.4 is 0 Å². The van der Waals surface area contributed by atoms with Gasteiger partial charge < -0.3 is 0 Å². The molecule has 3 aliphatic rings. The van der Waals surface area contributed by atoms with Crippen molar-refractivity contribution in [1.29, 1.82) is 0 Å². The maximum absolute atomic E-state index is 2.82. The molecule has 0 unspecified atom stereocenters. The van der Waals surface area contributed by atoms with Gasteiger partial charge in [0.25, 0.3) is 0 Å². The summed E-state index contributed by atoms with van der Waals surface area (Å²) >= 11 is 0. The highest BCUT2D eigenvalue weighted by molar-refractivity contribution is 5.14. The van der Waals surface area contributed by atoms with Crippen molar-refractivity contribution in [2.24, 2.45) is 5.92 Å². The summed E-state index contributed by atoms with van der Waals surface area (Å²) in [5, 5.41) is 0. The number of piperazine rings is 1. The van der Waals surface area contributed by atoms with Crippen LogP contribution >= 0.6 is 0 Å². The summed E-state index contributed by atoms with van der Waals surface area (Å²) in [6.07, 6.45) is 8.50. The molecule has 1 aromatic carbocycles. The van der Waals surface area contributed by atoms with E-state index in [0.29, 0.717) is 0 Å². The predicted molar refractivity (Wildman–Crippen MR) is 109 cm³/mol. The molecule has 2 atom stereocenters. The Kier molecular flexibility index (Phi) is 6.29. The third kappa shape index (κ3) is 4.68. The zero-order valence-corrected chi connectivity index (χ0v) is 16.7. The summed E-state index contributed by atoms with van der Waals surface area (Å²) < 4.78 is 0. The number of likely N-dealkylation sites (tertiary alicyclic amines) is 1. The first-order chi connectivity index (χ1) is 12.8. The lowest BCUT2D eigenvalue weighted by atomic mass is 9.86. The molecular formula is C23H37N3. The molecule has 0 aromatic heterocycles. The highest BCUT2D eigenvalue weighted by Gasteiger charge is 2.31. The lowest BCUT2D eigenvalue weighted by Crippen LogP contribution is -2.55. The summed E-state index contributed by atoms with van der Waals surface area (Å²) in [5.74, 6) is 0.945. The van der Waals surface area contributed by atoms with Gasteiger partial charge in [-0.25, -0.2) is 0 Å². The molecule has 4 rings (SSSR count). The normalized spacial score (nSPS) is 30.5. The number of hydrogen-bond acceptors (Lipinski definition) is 3. The molecule has 3 nitrogen and oxygen atoms in total. The van der Waals surface area contributed by atoms with Gasteiger partial charge in [0.15, 0.2) is 0 Å². The molecule has 1 aliphatic carbocycles. The third-order valence-corrected chi connectivity index (χ3v) is 7.10. The van der Waals surface area contributed by atoms with Gasteiger partial charge in [0.2, 0.25) is 0 Å². The van der Waals surface area contributed by atoms with Gasteiger partial charge in [0.05, 0.1) is 0 Å². The zero-order valence-electron chi connectivity index (χ0n) is 16.7. The number of nitrogens with zero attached hydrogens (tertiary/aromatic N) is 3. The van der Waals surface area contributed by atoms with Crippen LogP contribution in [0.25, 0.3) is 0 Å². The van der Waals surface area contributed by atoms with E-state index in [1.165, 1.54) is 83.4 Å². The quantitative estimate of drug-likeness (QED) is 0.812. The second-order valence-corrected chi connectivity index (χ2v) is 8.99. The van der Waals surface area contributed by atoms with Crippen LogP contribution in [-0.2, 0) is 6.54 Å². The largest absolute Gasteiger partial charge is 0.299 e. The fourth-order valence-corrected chi connectivity index (χ4v) is 5.49. The average molecular weight is 356 g/mol. The molecule has 3 heteroatoms. The molecular weight excluding hydrogens is 318 g/mol. The minimum atomic E-state index is 0.828. The summed E-state index contributed by atoms with van der Waals surface area (Å²) in [4.78, 5) is 8.27. The van der Waals surface area contributed by atoms with Crippen LogP contribution in [0.1, 0.15) is 51.0 Å². The van der Waals surface area contributed by atoms with Crippen molar-refractivity contribution in [3.63, 3.8) is 0 Å². The molecule has 26 heavy (non-hydrogen) atoms. The Morgan fingerprint density at radius 2 is 1.42 bits per heavy atom. The van der Waals surface area contributed by atoms with Gasteiger partial charge in [-0.05, 0) is 50.3 Å². The Hall–Kier alpha value is -0.900. The van der Waals surface area contributed by atoms with Crippen molar-refractivity contribution in [2.75, 3.05) is 39.3 Å². The molecule has 3 fully saturated rings. The molecule has 2 saturated heterocycles. The summed E-state index contributed by atoms with van der Waals surface area (Å²) in [5.41, 5.74) is 1.46. The topological polar surface area (TPSA) is 9.72 Å². The van der Waals surface area contributed by atoms with Gasteiger partial charge in [-0.3, -0.25) is 14.7 Å². The molecule has 144 valence electrons. The van der Waals surface area contributed by atoms with Crippen molar-refractivity contribution in [3.8, 4) is 0 Å². The Balaban J connectivity index is 1.20. The van der Waals surface area contributed by atoms with E-state index in [9.17, 15) is 0 Å². The first kappa shape index (κ1) is 18.5. The summed E-state index contributed by atoms with van der Waals surface area (Å²) in [6.45, 7) is 11.3. The van der Waals surface area contributed by atoms with E-state index in [0.717, 1.165) is 24.5 Å². The Bertz CT molecular complexity index is 530. The SMILES string of the molecule is C[C@H]1CCC[C@H](N2CCN(C3CCN(Cc4ccccc4)CC3)CC2)C1. The standard InChI is InChI=1S/C23H37N3/c1-20-6-5-9-23(18-20)26-16-14-25(15-17-26)22-10-12-24(13-11-22)19-21-7-3-2-4-8-21/h2-4,7-8,20,22-23H,5-6,9-19H2,1H3/t20-,23-/m0/s1. The molecule has 0 bridgehead atoms. The van der Waals surface area contributed by atoms with Gasteiger partial charge in [-0.15, -0.1) is 0 Å². The van der Waals surface area contributed by atoms with Crippen LogP contribution in [0.15, 0.2) is 30.3 Å². The molecule has 0 N–H and O–H groups in total. The maximum atomic E-state index is 2.82. The Morgan fingerprint density at radius 1 is 0.769 bits per heavy atom. The fourth-order valence-electron chi connectivity index (χ4n) is 5.49. The van der Waals surface area contributed by atoms with Crippen molar-refractivity contribution in [2.45, 2.75) is 64.1 Å². The second kappa shape index (κ2) is 8.86. The van der Waals surface area contributed by atoms with Gasteiger partial charge in [0.1, 0.15) is 0 Å². The number of piperidine rings is 1. The van der Waals surface area contributed by atoms with Gasteiger partial charge in [0, 0.05) is 44.8 Å². The Morgan fingerprint density at radius 3 is 2.08 bits per heavy atom. The predicted octanol–water partition coefficient (Wildman–Crippen LogP) is 3.85. The number of rotatable bonds is 4. The number of hydrogen-bond donors (Lipinski definition) is 0.